The van der Waals surface area contributed by atoms with Gasteiger partial charge in [0.2, 0.25) is 5.89 Å². The molecule has 2 heterocycles. The Morgan fingerprint density at radius 1 is 1.11 bits per heavy atom. The highest BCUT2D eigenvalue weighted by atomic mass is 16.5. The highest BCUT2D eigenvalue weighted by Crippen LogP contribution is 2.22. The molecule has 0 aliphatic rings. The van der Waals surface area contributed by atoms with E-state index in [9.17, 15) is 9.59 Å². The molecule has 4 aromatic rings. The van der Waals surface area contributed by atoms with Crippen LogP contribution in [-0.2, 0) is 6.54 Å². The fraction of sp³-hybridized carbons (Fsp3) is 0.143. The molecule has 0 N–H and O–H groups in total. The van der Waals surface area contributed by atoms with Crippen LogP contribution in [0.2, 0.25) is 0 Å². The summed E-state index contributed by atoms with van der Waals surface area (Å²) in [6.45, 7) is 1.91. The molecule has 0 saturated heterocycles. The van der Waals surface area contributed by atoms with Gasteiger partial charge in [0.05, 0.1) is 12.1 Å². The van der Waals surface area contributed by atoms with E-state index >= 15 is 0 Å². The largest absolute Gasteiger partial charge is 0.422 e. The summed E-state index contributed by atoms with van der Waals surface area (Å²) in [5, 5.41) is 4.54. The van der Waals surface area contributed by atoms with Crippen molar-refractivity contribution in [1.82, 2.24) is 15.0 Å². The smallest absolute Gasteiger partial charge is 0.344 e. The average molecular weight is 375 g/mol. The molecule has 0 radical (unpaired) electrons. The van der Waals surface area contributed by atoms with Crippen LogP contribution in [0.15, 0.2) is 68.3 Å². The average Bonchev–Trinajstić information content (AvgIpc) is 3.11. The fourth-order valence-electron chi connectivity index (χ4n) is 2.98. The van der Waals surface area contributed by atoms with Crippen molar-refractivity contribution in [2.24, 2.45) is 0 Å². The van der Waals surface area contributed by atoms with Crippen molar-refractivity contribution in [2.45, 2.75) is 13.5 Å². The van der Waals surface area contributed by atoms with Gasteiger partial charge in [-0.1, -0.05) is 35.5 Å². The second kappa shape index (κ2) is 7.11. The monoisotopic (exact) mass is 375 g/mol. The number of hydrogen-bond donors (Lipinski definition) is 0. The summed E-state index contributed by atoms with van der Waals surface area (Å²) >= 11 is 0. The Labute approximate surface area is 160 Å². The van der Waals surface area contributed by atoms with E-state index in [2.05, 4.69) is 10.1 Å². The van der Waals surface area contributed by atoms with Gasteiger partial charge < -0.3 is 13.8 Å². The zero-order chi connectivity index (χ0) is 19.7. The lowest BCUT2D eigenvalue weighted by Crippen LogP contribution is -2.26. The van der Waals surface area contributed by atoms with Crippen LogP contribution in [0.3, 0.4) is 0 Å². The summed E-state index contributed by atoms with van der Waals surface area (Å²) in [5.41, 5.74) is 1.55. The number of para-hydroxylation sites is 1. The van der Waals surface area contributed by atoms with Crippen LogP contribution in [0.25, 0.3) is 22.1 Å². The highest BCUT2D eigenvalue weighted by Gasteiger charge is 2.16. The molecule has 2 aromatic carbocycles. The molecule has 4 rings (SSSR count). The number of rotatable bonds is 4. The minimum atomic E-state index is -0.446. The van der Waals surface area contributed by atoms with Gasteiger partial charge in [0.1, 0.15) is 5.58 Å². The normalized spacial score (nSPS) is 10.9. The molecule has 1 amide bonds. The third-order valence-electron chi connectivity index (χ3n) is 4.35. The van der Waals surface area contributed by atoms with E-state index in [0.717, 1.165) is 5.39 Å². The van der Waals surface area contributed by atoms with Crippen molar-refractivity contribution in [2.75, 3.05) is 7.05 Å². The van der Waals surface area contributed by atoms with Crippen molar-refractivity contribution in [3.05, 3.63) is 82.3 Å². The Morgan fingerprint density at radius 2 is 1.93 bits per heavy atom. The molecule has 0 bridgehead atoms. The third-order valence-corrected chi connectivity index (χ3v) is 4.35. The van der Waals surface area contributed by atoms with E-state index in [4.69, 9.17) is 8.94 Å². The van der Waals surface area contributed by atoms with Gasteiger partial charge in [-0.05, 0) is 36.8 Å². The van der Waals surface area contributed by atoms with Gasteiger partial charge in [-0.15, -0.1) is 0 Å². The first kappa shape index (κ1) is 17.7. The molecular formula is C21H17N3O4. The first-order valence-electron chi connectivity index (χ1n) is 8.69. The second-order valence-electron chi connectivity index (χ2n) is 6.46. The predicted molar refractivity (Wildman–Crippen MR) is 103 cm³/mol. The van der Waals surface area contributed by atoms with Crippen LogP contribution in [0.1, 0.15) is 22.1 Å². The number of carbonyl (C=O) groups is 1. The molecule has 0 aliphatic heterocycles. The van der Waals surface area contributed by atoms with Gasteiger partial charge in [-0.2, -0.15) is 4.98 Å². The molecule has 0 saturated carbocycles. The lowest BCUT2D eigenvalue weighted by atomic mass is 10.0. The number of amides is 1. The SMILES string of the molecule is Cc1noc(CN(C)C(=O)c2cccc(-c3cc4ccccc4oc3=O)c2)n1. The second-order valence-corrected chi connectivity index (χ2v) is 6.46. The molecule has 2 aromatic heterocycles. The summed E-state index contributed by atoms with van der Waals surface area (Å²) in [6.07, 6.45) is 0. The molecule has 0 unspecified atom stereocenters. The molecule has 7 heteroatoms. The maximum Gasteiger partial charge on any atom is 0.344 e. The molecular weight excluding hydrogens is 358 g/mol. The Balaban J connectivity index is 1.65. The predicted octanol–water partition coefficient (Wildman–Crippen LogP) is 3.42. The number of carbonyl (C=O) groups excluding carboxylic acids is 1. The maximum absolute atomic E-state index is 12.8. The molecule has 140 valence electrons. The van der Waals surface area contributed by atoms with E-state index in [1.165, 1.54) is 4.90 Å². The Morgan fingerprint density at radius 3 is 2.71 bits per heavy atom. The van der Waals surface area contributed by atoms with Crippen LogP contribution in [0.5, 0.6) is 0 Å². The van der Waals surface area contributed by atoms with Gasteiger partial charge >= 0.3 is 5.63 Å². The third kappa shape index (κ3) is 3.42. The molecule has 0 atom stereocenters. The van der Waals surface area contributed by atoms with E-state index in [1.54, 1.807) is 50.4 Å². The van der Waals surface area contributed by atoms with Crippen molar-refractivity contribution in [3.8, 4) is 11.1 Å². The van der Waals surface area contributed by atoms with Crippen molar-refractivity contribution < 1.29 is 13.7 Å². The van der Waals surface area contributed by atoms with E-state index in [-0.39, 0.29) is 12.5 Å². The summed E-state index contributed by atoms with van der Waals surface area (Å²) in [5.74, 6) is 0.656. The summed E-state index contributed by atoms with van der Waals surface area (Å²) in [7, 11) is 1.65. The molecule has 7 nitrogen and oxygen atoms in total. The Bertz CT molecular complexity index is 1230. The summed E-state index contributed by atoms with van der Waals surface area (Å²) < 4.78 is 10.5. The Hall–Kier alpha value is -3.74. The molecule has 0 spiro atoms. The molecule has 0 fully saturated rings. The zero-order valence-corrected chi connectivity index (χ0v) is 15.4. The molecule has 0 aliphatic carbocycles. The summed E-state index contributed by atoms with van der Waals surface area (Å²) in [4.78, 5) is 30.8. The van der Waals surface area contributed by atoms with Crippen molar-refractivity contribution >= 4 is 16.9 Å². The highest BCUT2D eigenvalue weighted by molar-refractivity contribution is 5.95. The van der Waals surface area contributed by atoms with Crippen molar-refractivity contribution in [3.63, 3.8) is 0 Å². The van der Waals surface area contributed by atoms with Crippen molar-refractivity contribution in [1.29, 1.82) is 0 Å². The fourth-order valence-corrected chi connectivity index (χ4v) is 2.98. The maximum atomic E-state index is 12.8. The van der Waals surface area contributed by atoms with Gasteiger partial charge in [0.25, 0.3) is 5.91 Å². The number of hydrogen-bond acceptors (Lipinski definition) is 6. The first-order valence-corrected chi connectivity index (χ1v) is 8.69. The number of aryl methyl sites for hydroxylation is 1. The first-order chi connectivity index (χ1) is 13.5. The van der Waals surface area contributed by atoms with Crippen LogP contribution < -0.4 is 5.63 Å². The van der Waals surface area contributed by atoms with Gasteiger partial charge in [-0.3, -0.25) is 4.79 Å². The number of aromatic nitrogens is 2. The van der Waals surface area contributed by atoms with Crippen LogP contribution in [0, 0.1) is 6.92 Å². The lowest BCUT2D eigenvalue weighted by molar-refractivity contribution is 0.0769. The quantitative estimate of drug-likeness (QED) is 0.508. The minimum Gasteiger partial charge on any atom is -0.422 e. The number of benzene rings is 2. The Kier molecular flexibility index (Phi) is 4.49. The van der Waals surface area contributed by atoms with Crippen LogP contribution in [0.4, 0.5) is 0 Å². The topological polar surface area (TPSA) is 89.4 Å². The lowest BCUT2D eigenvalue weighted by Gasteiger charge is -2.15. The molecule has 28 heavy (non-hydrogen) atoms. The van der Waals surface area contributed by atoms with E-state index in [0.29, 0.717) is 34.0 Å². The number of nitrogens with zero attached hydrogens (tertiary/aromatic N) is 3. The zero-order valence-electron chi connectivity index (χ0n) is 15.4. The van der Waals surface area contributed by atoms with Gasteiger partial charge in [0, 0.05) is 18.0 Å². The van der Waals surface area contributed by atoms with Crippen LogP contribution >= 0.6 is 0 Å². The standard InChI is InChI=1S/C21H17N3O4/c1-13-22-19(28-23-13)12-24(2)20(25)16-8-5-7-14(10-16)17-11-15-6-3-4-9-18(15)27-21(17)26/h3-11H,12H2,1-2H3. The van der Waals surface area contributed by atoms with Gasteiger partial charge in [0.15, 0.2) is 5.82 Å². The van der Waals surface area contributed by atoms with Gasteiger partial charge in [-0.25, -0.2) is 4.79 Å². The van der Waals surface area contributed by atoms with E-state index in [1.807, 2.05) is 18.2 Å². The minimum absolute atomic E-state index is 0.196. The summed E-state index contributed by atoms with van der Waals surface area (Å²) in [6, 6.07) is 16.0. The van der Waals surface area contributed by atoms with Crippen LogP contribution in [-0.4, -0.2) is 28.0 Å². The number of fused-ring (bicyclic) bond motifs is 1. The van der Waals surface area contributed by atoms with E-state index < -0.39 is 5.63 Å².